The highest BCUT2D eigenvalue weighted by molar-refractivity contribution is 7.91. The van der Waals surface area contributed by atoms with Gasteiger partial charge in [-0.05, 0) is 56.6 Å². The van der Waals surface area contributed by atoms with Gasteiger partial charge in [0, 0.05) is 34.2 Å². The van der Waals surface area contributed by atoms with Crippen LogP contribution in [0.1, 0.15) is 84.9 Å². The number of sulfonamides is 1. The van der Waals surface area contributed by atoms with Crippen LogP contribution in [0.3, 0.4) is 0 Å². The van der Waals surface area contributed by atoms with E-state index >= 15 is 0 Å². The Morgan fingerprint density at radius 3 is 2.41 bits per heavy atom. The second kappa shape index (κ2) is 13.9. The minimum absolute atomic E-state index is 0.0295. The Morgan fingerprint density at radius 1 is 1.17 bits per heavy atom. The number of thiazole rings is 1. The van der Waals surface area contributed by atoms with Crippen molar-refractivity contribution in [3.63, 3.8) is 0 Å². The molecule has 0 spiro atoms. The van der Waals surface area contributed by atoms with Crippen molar-refractivity contribution < 1.29 is 32.3 Å². The zero-order valence-electron chi connectivity index (χ0n) is 32.5. The molecule has 0 unspecified atom stereocenters. The number of methoxy groups -OCH3 is 1. The number of aromatic nitrogens is 2. The molecule has 1 aliphatic heterocycles. The second-order valence-corrected chi connectivity index (χ2v) is 19.8. The average Bonchev–Trinajstić information content (AvgIpc) is 3.92. The first-order valence-corrected chi connectivity index (χ1v) is 20.7. The molecule has 0 radical (unpaired) electrons. The molecule has 13 nitrogen and oxygen atoms in total. The highest BCUT2D eigenvalue weighted by Gasteiger charge is 2.63. The van der Waals surface area contributed by atoms with Crippen LogP contribution in [0.4, 0.5) is 0 Å². The molecule has 54 heavy (non-hydrogen) atoms. The molecule has 3 aromatic rings. The molecule has 4 N–H and O–H groups in total. The summed E-state index contributed by atoms with van der Waals surface area (Å²) in [6.45, 7) is 18.9. The lowest BCUT2D eigenvalue weighted by molar-refractivity contribution is -0.143. The minimum atomic E-state index is -3.98. The number of amides is 3. The highest BCUT2D eigenvalue weighted by atomic mass is 32.2. The molecule has 0 bridgehead atoms. The van der Waals surface area contributed by atoms with E-state index in [0.717, 1.165) is 21.7 Å². The molecule has 292 valence electrons. The highest BCUT2D eigenvalue weighted by Crippen LogP contribution is 2.47. The molecule has 3 fully saturated rings. The zero-order chi connectivity index (χ0) is 39.7. The van der Waals surface area contributed by atoms with Crippen molar-refractivity contribution in [1.82, 2.24) is 24.9 Å². The van der Waals surface area contributed by atoms with Gasteiger partial charge in [0.15, 0.2) is 0 Å². The van der Waals surface area contributed by atoms with Gasteiger partial charge in [-0.2, -0.15) is 0 Å². The fourth-order valence-electron chi connectivity index (χ4n) is 7.01. The van der Waals surface area contributed by atoms with E-state index in [0.29, 0.717) is 35.6 Å². The van der Waals surface area contributed by atoms with E-state index in [2.05, 4.69) is 30.5 Å². The Bertz CT molecular complexity index is 2120. The van der Waals surface area contributed by atoms with E-state index < -0.39 is 73.5 Å². The zero-order valence-corrected chi connectivity index (χ0v) is 34.1. The van der Waals surface area contributed by atoms with Crippen LogP contribution in [0.15, 0.2) is 36.2 Å². The normalized spacial score (nSPS) is 25.3. The van der Waals surface area contributed by atoms with Crippen molar-refractivity contribution in [3.05, 3.63) is 47.5 Å². The van der Waals surface area contributed by atoms with Crippen LogP contribution in [-0.4, -0.2) is 83.1 Å². The van der Waals surface area contributed by atoms with Gasteiger partial charge in [-0.15, -0.1) is 17.9 Å². The lowest BCUT2D eigenvalue weighted by Gasteiger charge is -2.33. The maximum Gasteiger partial charge on any atom is 0.259 e. The quantitative estimate of drug-likeness (QED) is 0.216. The van der Waals surface area contributed by atoms with Gasteiger partial charge < -0.3 is 25.4 Å². The summed E-state index contributed by atoms with van der Waals surface area (Å²) in [5.74, 6) is -1.57. The van der Waals surface area contributed by atoms with Crippen LogP contribution in [0.25, 0.3) is 21.6 Å². The van der Waals surface area contributed by atoms with Gasteiger partial charge in [0.2, 0.25) is 21.8 Å². The lowest BCUT2D eigenvalue weighted by atomic mass is 9.86. The fourth-order valence-corrected chi connectivity index (χ4v) is 9.26. The minimum Gasteiger partial charge on any atom is -0.496 e. The third-order valence-corrected chi connectivity index (χ3v) is 14.4. The molecule has 1 saturated heterocycles. The van der Waals surface area contributed by atoms with Gasteiger partial charge in [-0.1, -0.05) is 47.6 Å². The predicted octanol–water partition coefficient (Wildman–Crippen LogP) is 4.83. The van der Waals surface area contributed by atoms with E-state index in [1.165, 1.54) is 22.3 Å². The molecule has 2 aromatic heterocycles. The number of hydrogen-bond acceptors (Lipinski definition) is 11. The van der Waals surface area contributed by atoms with E-state index in [-0.39, 0.29) is 18.9 Å². The molecule has 3 heterocycles. The predicted molar refractivity (Wildman–Crippen MR) is 209 cm³/mol. The first-order valence-electron chi connectivity index (χ1n) is 18.4. The lowest BCUT2D eigenvalue weighted by Crippen LogP contribution is -2.60. The second-order valence-electron chi connectivity index (χ2n) is 16.7. The first-order chi connectivity index (χ1) is 25.2. The smallest absolute Gasteiger partial charge is 0.259 e. The van der Waals surface area contributed by atoms with Gasteiger partial charge in [-0.25, -0.2) is 18.4 Å². The van der Waals surface area contributed by atoms with Crippen molar-refractivity contribution in [2.24, 2.45) is 23.0 Å². The van der Waals surface area contributed by atoms with Crippen LogP contribution < -0.4 is 25.2 Å². The molecule has 2 saturated carbocycles. The van der Waals surface area contributed by atoms with E-state index in [1.54, 1.807) is 14.0 Å². The van der Waals surface area contributed by atoms with Gasteiger partial charge in [-0.3, -0.25) is 19.1 Å². The number of benzene rings is 1. The molecule has 2 aliphatic carbocycles. The number of fused-ring (bicyclic) bond motifs is 1. The van der Waals surface area contributed by atoms with Crippen LogP contribution in [0, 0.1) is 24.2 Å². The summed E-state index contributed by atoms with van der Waals surface area (Å²) in [4.78, 5) is 53.6. The number of aryl methyl sites for hydroxylation is 1. The summed E-state index contributed by atoms with van der Waals surface area (Å²) in [6.07, 6.45) is 1.89. The van der Waals surface area contributed by atoms with E-state index in [4.69, 9.17) is 25.2 Å². The van der Waals surface area contributed by atoms with Crippen LogP contribution >= 0.6 is 11.3 Å². The third kappa shape index (κ3) is 6.98. The van der Waals surface area contributed by atoms with Gasteiger partial charge in [0.05, 0.1) is 35.7 Å². The fraction of sp³-hybridized carbons (Fsp3) is 0.564. The number of carbonyl (C=O) groups is 3. The summed E-state index contributed by atoms with van der Waals surface area (Å²) in [5, 5.41) is 6.32. The molecular formula is C39H52N6O7S2. The topological polar surface area (TPSA) is 183 Å². The van der Waals surface area contributed by atoms with Gasteiger partial charge in [0.1, 0.15) is 39.9 Å². The van der Waals surface area contributed by atoms with Gasteiger partial charge in [0.25, 0.3) is 5.91 Å². The molecule has 3 amide bonds. The maximum absolute atomic E-state index is 14.5. The Morgan fingerprint density at radius 2 is 1.85 bits per heavy atom. The first kappa shape index (κ1) is 39.6. The van der Waals surface area contributed by atoms with Crippen LogP contribution in [-0.2, 0) is 24.4 Å². The Labute approximate surface area is 321 Å². The summed E-state index contributed by atoms with van der Waals surface area (Å²) >= 11 is 1.49. The Hall–Kier alpha value is -4.08. The Kier molecular flexibility index (Phi) is 10.2. The number of rotatable bonds is 12. The maximum atomic E-state index is 14.5. The van der Waals surface area contributed by atoms with Crippen molar-refractivity contribution in [2.75, 3.05) is 13.7 Å². The Balaban J connectivity index is 1.36. The van der Waals surface area contributed by atoms with Crippen LogP contribution in [0.2, 0.25) is 0 Å². The van der Waals surface area contributed by atoms with Gasteiger partial charge >= 0.3 is 0 Å². The number of pyridine rings is 1. The SMILES string of the molecule is C=C[C@@H]1C[C@]1(NC(=O)[C@@H]1[C@H](C)[C@@H](Oc2cc(-c3nc(C(C)C)cs3)nc3c(C)c(OC)ccc23)CN1C(=O)[C@@H](N)C(C)(C)C)C(=O)NS(=O)(=O)C1(C)CC1. The monoisotopic (exact) mass is 780 g/mol. The summed E-state index contributed by atoms with van der Waals surface area (Å²) < 4.78 is 39.7. The van der Waals surface area contributed by atoms with Crippen molar-refractivity contribution >= 4 is 50.0 Å². The molecule has 1 aromatic carbocycles. The third-order valence-electron chi connectivity index (χ3n) is 11.4. The molecule has 15 heteroatoms. The van der Waals surface area contributed by atoms with E-state index in [9.17, 15) is 22.8 Å². The largest absolute Gasteiger partial charge is 0.496 e. The molecular weight excluding hydrogens is 729 g/mol. The molecule has 6 rings (SSSR count). The summed E-state index contributed by atoms with van der Waals surface area (Å²) in [7, 11) is -2.38. The number of nitrogens with two attached hydrogens (primary N) is 1. The summed E-state index contributed by atoms with van der Waals surface area (Å²) in [6, 6.07) is 3.51. The molecule has 3 aliphatic rings. The molecule has 6 atom stereocenters. The van der Waals surface area contributed by atoms with E-state index in [1.807, 2.05) is 58.2 Å². The number of ether oxygens (including phenoxy) is 2. The number of nitrogens with zero attached hydrogens (tertiary/aromatic N) is 3. The number of nitrogens with one attached hydrogen (secondary N) is 2. The number of carbonyl (C=O) groups excluding carboxylic acids is 3. The summed E-state index contributed by atoms with van der Waals surface area (Å²) in [5.41, 5.74) is 7.39. The average molecular weight is 781 g/mol. The van der Waals surface area contributed by atoms with Crippen molar-refractivity contribution in [1.29, 1.82) is 0 Å². The number of hydrogen-bond donors (Lipinski definition) is 3. The van der Waals surface area contributed by atoms with Crippen molar-refractivity contribution in [3.8, 4) is 22.2 Å². The standard InChI is InChI=1S/C39H52N6O7S2/c1-11-23-17-39(23,36(48)44-54(49,50)38(9)14-15-38)43-33(46)31-22(5)29(18-45(31)35(47)32(40)37(6,7)8)52-28-16-25(34-42-26(19-53-34)20(2)3)41-30-21(4)27(51-10)13-12-24(28)30/h11-13,16,19-20,22-23,29,31-32H,1,14-15,17-18,40H2,2-10H3,(H,43,46)(H,44,48)/t22-,23-,29+,31+,32-,39-/m1/s1. The van der Waals surface area contributed by atoms with Crippen LogP contribution in [0.5, 0.6) is 11.5 Å². The van der Waals surface area contributed by atoms with Crippen molar-refractivity contribution in [2.45, 2.75) is 109 Å². The number of likely N-dealkylation sites (tertiary alicyclic amines) is 1.